The van der Waals surface area contributed by atoms with E-state index in [4.69, 9.17) is 9.84 Å². The minimum atomic E-state index is -0.944. The largest absolute Gasteiger partial charge is 0.481 e. The standard InChI is InChI=1S/C10H18O4/c1-6(2)8(10(12)13)5-9(11)14-7(3)4/h6-8H,5H2,1-4H3,(H,12,13). The average molecular weight is 202 g/mol. The van der Waals surface area contributed by atoms with Crippen molar-refractivity contribution < 1.29 is 19.4 Å². The van der Waals surface area contributed by atoms with Gasteiger partial charge in [-0.2, -0.15) is 0 Å². The van der Waals surface area contributed by atoms with Crippen LogP contribution in [0.15, 0.2) is 0 Å². The van der Waals surface area contributed by atoms with Crippen molar-refractivity contribution in [1.29, 1.82) is 0 Å². The van der Waals surface area contributed by atoms with E-state index >= 15 is 0 Å². The molecule has 0 amide bonds. The van der Waals surface area contributed by atoms with Crippen molar-refractivity contribution in [3.8, 4) is 0 Å². The predicted octanol–water partition coefficient (Wildman–Crippen LogP) is 1.68. The quantitative estimate of drug-likeness (QED) is 0.689. The molecule has 82 valence electrons. The van der Waals surface area contributed by atoms with Crippen molar-refractivity contribution in [2.24, 2.45) is 11.8 Å². The summed E-state index contributed by atoms with van der Waals surface area (Å²) in [5, 5.41) is 8.82. The summed E-state index contributed by atoms with van der Waals surface area (Å²) in [4.78, 5) is 21.9. The highest BCUT2D eigenvalue weighted by atomic mass is 16.5. The van der Waals surface area contributed by atoms with E-state index < -0.39 is 17.9 Å². The Morgan fingerprint density at radius 2 is 1.71 bits per heavy atom. The molecule has 0 rings (SSSR count). The van der Waals surface area contributed by atoms with Crippen molar-refractivity contribution in [2.45, 2.75) is 40.2 Å². The summed E-state index contributed by atoms with van der Waals surface area (Å²) < 4.78 is 4.88. The van der Waals surface area contributed by atoms with E-state index in [-0.39, 0.29) is 18.4 Å². The molecule has 1 N–H and O–H groups in total. The number of ether oxygens (including phenoxy) is 1. The maximum atomic E-state index is 11.2. The Labute approximate surface area is 84.3 Å². The average Bonchev–Trinajstić information content (AvgIpc) is 1.97. The van der Waals surface area contributed by atoms with Crippen LogP contribution in [0.25, 0.3) is 0 Å². The van der Waals surface area contributed by atoms with Gasteiger partial charge < -0.3 is 9.84 Å². The molecule has 0 aromatic rings. The molecule has 0 fully saturated rings. The Hall–Kier alpha value is -1.06. The SMILES string of the molecule is CC(C)OC(=O)CC(C(=O)O)C(C)C. The molecule has 14 heavy (non-hydrogen) atoms. The highest BCUT2D eigenvalue weighted by Crippen LogP contribution is 2.16. The number of hydrogen-bond donors (Lipinski definition) is 1. The van der Waals surface area contributed by atoms with Crippen LogP contribution in [0, 0.1) is 11.8 Å². The minimum absolute atomic E-state index is 0.0504. The highest BCUT2D eigenvalue weighted by molar-refractivity contribution is 5.79. The molecule has 0 aliphatic carbocycles. The first kappa shape index (κ1) is 12.9. The summed E-state index contributed by atoms with van der Waals surface area (Å²) in [6.07, 6.45) is -0.241. The van der Waals surface area contributed by atoms with Gasteiger partial charge in [0.15, 0.2) is 0 Å². The number of rotatable bonds is 5. The maximum absolute atomic E-state index is 11.2. The van der Waals surface area contributed by atoms with Gasteiger partial charge in [0, 0.05) is 0 Å². The molecule has 0 aromatic heterocycles. The fourth-order valence-electron chi connectivity index (χ4n) is 1.10. The highest BCUT2D eigenvalue weighted by Gasteiger charge is 2.25. The Balaban J connectivity index is 4.17. The summed E-state index contributed by atoms with van der Waals surface area (Å²) in [5.74, 6) is -2.10. The van der Waals surface area contributed by atoms with E-state index in [0.717, 1.165) is 0 Å². The zero-order valence-electron chi connectivity index (χ0n) is 9.11. The lowest BCUT2D eigenvalue weighted by Crippen LogP contribution is -2.25. The van der Waals surface area contributed by atoms with Crippen molar-refractivity contribution in [2.75, 3.05) is 0 Å². The molecule has 0 saturated carbocycles. The molecule has 0 saturated heterocycles. The van der Waals surface area contributed by atoms with Crippen LogP contribution < -0.4 is 0 Å². The number of esters is 1. The first-order valence-electron chi connectivity index (χ1n) is 4.76. The predicted molar refractivity (Wildman–Crippen MR) is 51.8 cm³/mol. The first-order chi connectivity index (χ1) is 6.34. The van der Waals surface area contributed by atoms with Crippen LogP contribution in [0.5, 0.6) is 0 Å². The molecular formula is C10H18O4. The first-order valence-corrected chi connectivity index (χ1v) is 4.76. The lowest BCUT2D eigenvalue weighted by atomic mass is 9.93. The number of carboxylic acids is 1. The topological polar surface area (TPSA) is 63.6 Å². The molecule has 0 aliphatic heterocycles. The van der Waals surface area contributed by atoms with E-state index in [2.05, 4.69) is 0 Å². The van der Waals surface area contributed by atoms with Gasteiger partial charge in [-0.1, -0.05) is 13.8 Å². The summed E-state index contributed by atoms with van der Waals surface area (Å²) in [7, 11) is 0. The van der Waals surface area contributed by atoms with E-state index in [1.165, 1.54) is 0 Å². The second kappa shape index (κ2) is 5.62. The van der Waals surface area contributed by atoms with Crippen LogP contribution in [0.3, 0.4) is 0 Å². The zero-order chi connectivity index (χ0) is 11.3. The normalized spacial score (nSPS) is 13.0. The number of carbonyl (C=O) groups excluding carboxylic acids is 1. The molecule has 0 radical (unpaired) electrons. The van der Waals surface area contributed by atoms with Gasteiger partial charge in [0.05, 0.1) is 18.4 Å². The lowest BCUT2D eigenvalue weighted by Gasteiger charge is -2.16. The second-order valence-corrected chi connectivity index (χ2v) is 3.93. The molecule has 4 heteroatoms. The zero-order valence-corrected chi connectivity index (χ0v) is 9.11. The van der Waals surface area contributed by atoms with Crippen molar-refractivity contribution in [3.05, 3.63) is 0 Å². The van der Waals surface area contributed by atoms with Crippen molar-refractivity contribution in [3.63, 3.8) is 0 Å². The van der Waals surface area contributed by atoms with Crippen LogP contribution in [0.2, 0.25) is 0 Å². The molecule has 0 heterocycles. The number of carboxylic acid groups (broad SMARTS) is 1. The third-order valence-electron chi connectivity index (χ3n) is 1.88. The van der Waals surface area contributed by atoms with E-state index in [9.17, 15) is 9.59 Å². The fraction of sp³-hybridized carbons (Fsp3) is 0.800. The smallest absolute Gasteiger partial charge is 0.307 e. The fourth-order valence-corrected chi connectivity index (χ4v) is 1.10. The van der Waals surface area contributed by atoms with Gasteiger partial charge in [0.25, 0.3) is 0 Å². The van der Waals surface area contributed by atoms with Gasteiger partial charge in [-0.25, -0.2) is 0 Å². The minimum Gasteiger partial charge on any atom is -0.481 e. The molecule has 0 spiro atoms. The summed E-state index contributed by atoms with van der Waals surface area (Å²) in [6.45, 7) is 7.04. The van der Waals surface area contributed by atoms with Gasteiger partial charge in [-0.05, 0) is 19.8 Å². The van der Waals surface area contributed by atoms with Gasteiger partial charge in [-0.3, -0.25) is 9.59 Å². The molecule has 1 atom stereocenters. The van der Waals surface area contributed by atoms with Gasteiger partial charge >= 0.3 is 11.9 Å². The van der Waals surface area contributed by atoms with Crippen LogP contribution in [-0.2, 0) is 14.3 Å². The monoisotopic (exact) mass is 202 g/mol. The molecule has 4 nitrogen and oxygen atoms in total. The number of aliphatic carboxylic acids is 1. The lowest BCUT2D eigenvalue weighted by molar-refractivity contribution is -0.155. The van der Waals surface area contributed by atoms with E-state index in [0.29, 0.717) is 0 Å². The van der Waals surface area contributed by atoms with E-state index in [1.54, 1.807) is 27.7 Å². The molecule has 0 aromatic carbocycles. The second-order valence-electron chi connectivity index (χ2n) is 3.93. The number of carbonyl (C=O) groups is 2. The Bertz CT molecular complexity index is 208. The molecule has 0 bridgehead atoms. The number of hydrogen-bond acceptors (Lipinski definition) is 3. The molecular weight excluding hydrogens is 184 g/mol. The Kier molecular flexibility index (Phi) is 5.20. The van der Waals surface area contributed by atoms with Gasteiger partial charge in [0.2, 0.25) is 0 Å². The molecule has 1 unspecified atom stereocenters. The summed E-state index contributed by atoms with van der Waals surface area (Å²) in [6, 6.07) is 0. The van der Waals surface area contributed by atoms with Crippen LogP contribution >= 0.6 is 0 Å². The van der Waals surface area contributed by atoms with Crippen LogP contribution in [-0.4, -0.2) is 23.1 Å². The van der Waals surface area contributed by atoms with Crippen LogP contribution in [0.4, 0.5) is 0 Å². The Morgan fingerprint density at radius 1 is 1.21 bits per heavy atom. The van der Waals surface area contributed by atoms with Gasteiger partial charge in [0.1, 0.15) is 0 Å². The van der Waals surface area contributed by atoms with E-state index in [1.807, 2.05) is 0 Å². The van der Waals surface area contributed by atoms with Crippen LogP contribution in [0.1, 0.15) is 34.1 Å². The summed E-state index contributed by atoms with van der Waals surface area (Å²) >= 11 is 0. The maximum Gasteiger partial charge on any atom is 0.307 e. The van der Waals surface area contributed by atoms with Gasteiger partial charge in [-0.15, -0.1) is 0 Å². The third kappa shape index (κ3) is 4.84. The Morgan fingerprint density at radius 3 is 2.00 bits per heavy atom. The third-order valence-corrected chi connectivity index (χ3v) is 1.88. The van der Waals surface area contributed by atoms with Crippen molar-refractivity contribution >= 4 is 11.9 Å². The van der Waals surface area contributed by atoms with Crippen molar-refractivity contribution in [1.82, 2.24) is 0 Å². The summed E-state index contributed by atoms with van der Waals surface area (Å²) in [5.41, 5.74) is 0. The molecule has 0 aliphatic rings.